The van der Waals surface area contributed by atoms with Crippen LogP contribution in [0, 0.1) is 0 Å². The molecular formula is C8H10O2. The maximum atomic E-state index is 10.8. The Labute approximate surface area is 59.9 Å². The molecule has 0 bridgehead atoms. The lowest BCUT2D eigenvalue weighted by Gasteiger charge is -1.89. The Morgan fingerprint density at radius 2 is 2.00 bits per heavy atom. The van der Waals surface area contributed by atoms with Gasteiger partial charge >= 0.3 is 0 Å². The van der Waals surface area contributed by atoms with Gasteiger partial charge in [0.25, 0.3) is 0 Å². The van der Waals surface area contributed by atoms with Gasteiger partial charge in [0.15, 0.2) is 5.78 Å². The Bertz CT molecular complexity index is 180. The highest BCUT2D eigenvalue weighted by Gasteiger charge is 2.06. The maximum absolute atomic E-state index is 10.8. The first-order valence-electron chi connectivity index (χ1n) is 3.51. The van der Waals surface area contributed by atoms with Crippen LogP contribution in [0.25, 0.3) is 0 Å². The standard InChI is InChI=1S/C8H10O2/c9-6-7-3-1-2-4-8(10)5-7/h5-6H,1-4H2. The van der Waals surface area contributed by atoms with Gasteiger partial charge < -0.3 is 0 Å². The second-order valence-corrected chi connectivity index (χ2v) is 2.51. The molecule has 1 aliphatic carbocycles. The van der Waals surface area contributed by atoms with Gasteiger partial charge in [0.1, 0.15) is 6.29 Å². The van der Waals surface area contributed by atoms with E-state index in [1.54, 1.807) is 0 Å². The second-order valence-electron chi connectivity index (χ2n) is 2.51. The molecule has 1 aliphatic rings. The topological polar surface area (TPSA) is 34.1 Å². The highest BCUT2D eigenvalue weighted by atomic mass is 16.1. The Morgan fingerprint density at radius 3 is 2.70 bits per heavy atom. The highest BCUT2D eigenvalue weighted by Crippen LogP contribution is 2.12. The maximum Gasteiger partial charge on any atom is 0.156 e. The molecule has 0 aliphatic heterocycles. The zero-order chi connectivity index (χ0) is 7.40. The monoisotopic (exact) mass is 138 g/mol. The number of aldehydes is 1. The molecule has 1 rings (SSSR count). The predicted molar refractivity (Wildman–Crippen MR) is 37.6 cm³/mol. The molecule has 0 atom stereocenters. The number of allylic oxidation sites excluding steroid dienone is 2. The van der Waals surface area contributed by atoms with Crippen LogP contribution in [0.4, 0.5) is 0 Å². The first-order chi connectivity index (χ1) is 4.83. The number of carbonyl (C=O) groups excluding carboxylic acids is 2. The summed E-state index contributed by atoms with van der Waals surface area (Å²) >= 11 is 0. The van der Waals surface area contributed by atoms with Gasteiger partial charge in [-0.15, -0.1) is 0 Å². The fourth-order valence-corrected chi connectivity index (χ4v) is 1.07. The van der Waals surface area contributed by atoms with E-state index in [4.69, 9.17) is 0 Å². The molecule has 0 heterocycles. The van der Waals surface area contributed by atoms with Crippen LogP contribution in [0.2, 0.25) is 0 Å². The molecule has 0 unspecified atom stereocenters. The fourth-order valence-electron chi connectivity index (χ4n) is 1.07. The van der Waals surface area contributed by atoms with Crippen molar-refractivity contribution in [3.63, 3.8) is 0 Å². The smallest absolute Gasteiger partial charge is 0.156 e. The van der Waals surface area contributed by atoms with Crippen molar-refractivity contribution in [3.05, 3.63) is 11.6 Å². The Balaban J connectivity index is 2.67. The number of ketones is 1. The molecule has 0 fully saturated rings. The van der Waals surface area contributed by atoms with Crippen LogP contribution in [0.5, 0.6) is 0 Å². The number of hydrogen-bond donors (Lipinski definition) is 0. The molecule has 0 aromatic rings. The number of hydrogen-bond acceptors (Lipinski definition) is 2. The predicted octanol–water partition coefficient (Wildman–Crippen LogP) is 1.25. The van der Waals surface area contributed by atoms with E-state index in [2.05, 4.69) is 0 Å². The van der Waals surface area contributed by atoms with Gasteiger partial charge in [0.2, 0.25) is 0 Å². The quantitative estimate of drug-likeness (QED) is 0.511. The van der Waals surface area contributed by atoms with E-state index in [-0.39, 0.29) is 5.78 Å². The van der Waals surface area contributed by atoms with E-state index in [9.17, 15) is 9.59 Å². The van der Waals surface area contributed by atoms with Crippen LogP contribution in [0.1, 0.15) is 25.7 Å². The van der Waals surface area contributed by atoms with Crippen molar-refractivity contribution in [2.75, 3.05) is 0 Å². The van der Waals surface area contributed by atoms with E-state index in [0.717, 1.165) is 25.5 Å². The molecule has 0 radical (unpaired) electrons. The SMILES string of the molecule is O=CC1=CC(=O)CCCC1. The minimum atomic E-state index is 0.0969. The number of carbonyl (C=O) groups is 2. The van der Waals surface area contributed by atoms with Gasteiger partial charge in [-0.2, -0.15) is 0 Å². The first kappa shape index (κ1) is 7.19. The van der Waals surface area contributed by atoms with Crippen molar-refractivity contribution in [2.45, 2.75) is 25.7 Å². The third kappa shape index (κ3) is 1.79. The summed E-state index contributed by atoms with van der Waals surface area (Å²) < 4.78 is 0. The second kappa shape index (κ2) is 3.30. The molecule has 0 aromatic carbocycles. The van der Waals surface area contributed by atoms with Crippen molar-refractivity contribution in [1.82, 2.24) is 0 Å². The molecule has 0 saturated carbocycles. The van der Waals surface area contributed by atoms with E-state index < -0.39 is 0 Å². The van der Waals surface area contributed by atoms with E-state index in [1.165, 1.54) is 6.08 Å². The largest absolute Gasteiger partial charge is 0.298 e. The lowest BCUT2D eigenvalue weighted by Crippen LogP contribution is -1.90. The lowest BCUT2D eigenvalue weighted by atomic mass is 10.1. The molecule has 0 saturated heterocycles. The van der Waals surface area contributed by atoms with Crippen molar-refractivity contribution in [1.29, 1.82) is 0 Å². The summed E-state index contributed by atoms with van der Waals surface area (Å²) in [6.45, 7) is 0. The van der Waals surface area contributed by atoms with E-state index in [0.29, 0.717) is 12.0 Å². The van der Waals surface area contributed by atoms with Crippen LogP contribution in [0.3, 0.4) is 0 Å². The zero-order valence-electron chi connectivity index (χ0n) is 5.80. The summed E-state index contributed by atoms with van der Waals surface area (Å²) in [5.41, 5.74) is 0.655. The van der Waals surface area contributed by atoms with E-state index >= 15 is 0 Å². The molecule has 0 aromatic heterocycles. The zero-order valence-corrected chi connectivity index (χ0v) is 5.80. The van der Waals surface area contributed by atoms with Crippen LogP contribution in [0.15, 0.2) is 11.6 Å². The fraction of sp³-hybridized carbons (Fsp3) is 0.500. The van der Waals surface area contributed by atoms with Gasteiger partial charge in [0.05, 0.1) is 0 Å². The van der Waals surface area contributed by atoms with Crippen LogP contribution in [-0.4, -0.2) is 12.1 Å². The first-order valence-corrected chi connectivity index (χ1v) is 3.51. The van der Waals surface area contributed by atoms with Crippen molar-refractivity contribution in [3.8, 4) is 0 Å². The summed E-state index contributed by atoms with van der Waals surface area (Å²) in [5, 5.41) is 0. The molecule has 2 nitrogen and oxygen atoms in total. The summed E-state index contributed by atoms with van der Waals surface area (Å²) in [5.74, 6) is 0.0969. The molecule has 54 valence electrons. The molecule has 2 heteroatoms. The third-order valence-corrected chi connectivity index (χ3v) is 1.64. The van der Waals surface area contributed by atoms with E-state index in [1.807, 2.05) is 0 Å². The van der Waals surface area contributed by atoms with Crippen LogP contribution in [-0.2, 0) is 9.59 Å². The van der Waals surface area contributed by atoms with Crippen molar-refractivity contribution < 1.29 is 9.59 Å². The molecular weight excluding hydrogens is 128 g/mol. The molecule has 0 spiro atoms. The summed E-state index contributed by atoms with van der Waals surface area (Å²) in [7, 11) is 0. The normalized spacial score (nSPS) is 19.6. The van der Waals surface area contributed by atoms with Gasteiger partial charge in [0, 0.05) is 6.42 Å². The minimum absolute atomic E-state index is 0.0969. The lowest BCUT2D eigenvalue weighted by molar-refractivity contribution is -0.115. The average Bonchev–Trinajstić information content (AvgIpc) is 2.13. The summed E-state index contributed by atoms with van der Waals surface area (Å²) in [6, 6.07) is 0. The average molecular weight is 138 g/mol. The molecule has 0 N–H and O–H groups in total. The Morgan fingerprint density at radius 1 is 1.30 bits per heavy atom. The van der Waals surface area contributed by atoms with Crippen LogP contribution < -0.4 is 0 Å². The Hall–Kier alpha value is -0.920. The summed E-state index contributed by atoms with van der Waals surface area (Å²) in [4.78, 5) is 21.1. The number of rotatable bonds is 1. The third-order valence-electron chi connectivity index (χ3n) is 1.64. The molecule has 0 amide bonds. The van der Waals surface area contributed by atoms with Crippen LogP contribution >= 0.6 is 0 Å². The Kier molecular flexibility index (Phi) is 2.37. The van der Waals surface area contributed by atoms with Gasteiger partial charge in [-0.1, -0.05) is 0 Å². The van der Waals surface area contributed by atoms with Gasteiger partial charge in [-0.05, 0) is 30.9 Å². The summed E-state index contributed by atoms with van der Waals surface area (Å²) in [6.07, 6.45) is 5.53. The highest BCUT2D eigenvalue weighted by molar-refractivity contribution is 5.95. The molecule has 10 heavy (non-hydrogen) atoms. The van der Waals surface area contributed by atoms with Gasteiger partial charge in [-0.25, -0.2) is 0 Å². The minimum Gasteiger partial charge on any atom is -0.298 e. The van der Waals surface area contributed by atoms with Crippen molar-refractivity contribution >= 4 is 12.1 Å². The van der Waals surface area contributed by atoms with Crippen molar-refractivity contribution in [2.24, 2.45) is 0 Å². The van der Waals surface area contributed by atoms with Gasteiger partial charge in [-0.3, -0.25) is 9.59 Å².